The van der Waals surface area contributed by atoms with Gasteiger partial charge < -0.3 is 14.9 Å². The zero-order valence-electron chi connectivity index (χ0n) is 13.8. The molecule has 1 atom stereocenters. The first kappa shape index (κ1) is 17.5. The Morgan fingerprint density at radius 1 is 1.19 bits per heavy atom. The van der Waals surface area contributed by atoms with Crippen LogP contribution in [-0.2, 0) is 0 Å². The fraction of sp³-hybridized carbons (Fsp3) is 0.588. The number of hydrogen-bond acceptors (Lipinski definition) is 3. The molecule has 1 aromatic rings. The average molecular weight is 292 g/mol. The number of aliphatic hydroxyl groups excluding tert-OH is 1. The number of anilines is 1. The molecule has 0 fully saturated rings. The van der Waals surface area contributed by atoms with Crippen molar-refractivity contribution in [1.82, 2.24) is 4.90 Å². The Balaban J connectivity index is 2.86. The predicted octanol–water partition coefficient (Wildman–Crippen LogP) is 2.76. The van der Waals surface area contributed by atoms with Gasteiger partial charge in [-0.1, -0.05) is 6.92 Å². The molecule has 0 aliphatic heterocycles. The van der Waals surface area contributed by atoms with E-state index in [4.69, 9.17) is 0 Å². The molecular weight excluding hydrogens is 264 g/mol. The van der Waals surface area contributed by atoms with Gasteiger partial charge in [-0.05, 0) is 51.5 Å². The summed E-state index contributed by atoms with van der Waals surface area (Å²) < 4.78 is 0. The van der Waals surface area contributed by atoms with Gasteiger partial charge in [0.05, 0.1) is 6.10 Å². The van der Waals surface area contributed by atoms with Gasteiger partial charge in [0.2, 0.25) is 0 Å². The lowest BCUT2D eigenvalue weighted by Gasteiger charge is -2.28. The topological polar surface area (TPSA) is 43.8 Å². The molecule has 0 radical (unpaired) electrons. The van der Waals surface area contributed by atoms with Crippen LogP contribution in [0.4, 0.5) is 5.69 Å². The molecule has 4 heteroatoms. The molecule has 1 unspecified atom stereocenters. The number of amides is 1. The largest absolute Gasteiger partial charge is 0.392 e. The molecule has 0 aliphatic rings. The van der Waals surface area contributed by atoms with Gasteiger partial charge in [-0.2, -0.15) is 0 Å². The smallest absolute Gasteiger partial charge is 0.254 e. The van der Waals surface area contributed by atoms with Crippen LogP contribution in [-0.4, -0.2) is 48.2 Å². The van der Waals surface area contributed by atoms with Crippen molar-refractivity contribution in [2.75, 3.05) is 25.0 Å². The first-order valence-electron chi connectivity index (χ1n) is 7.67. The highest BCUT2D eigenvalue weighted by atomic mass is 16.3. The molecule has 4 nitrogen and oxygen atoms in total. The molecule has 0 saturated carbocycles. The SMILES string of the molecule is CCCN(C)c1ccc(C(=O)N(CC(C)O)C(C)C)cc1. The Labute approximate surface area is 128 Å². The van der Waals surface area contributed by atoms with Gasteiger partial charge in [-0.3, -0.25) is 4.79 Å². The third-order valence-corrected chi connectivity index (χ3v) is 3.46. The van der Waals surface area contributed by atoms with Crippen molar-refractivity contribution in [3.8, 4) is 0 Å². The lowest BCUT2D eigenvalue weighted by molar-refractivity contribution is 0.0579. The minimum atomic E-state index is -0.522. The van der Waals surface area contributed by atoms with E-state index in [0.29, 0.717) is 12.1 Å². The third kappa shape index (κ3) is 5.05. The zero-order chi connectivity index (χ0) is 16.0. The molecule has 0 aliphatic carbocycles. The van der Waals surface area contributed by atoms with Gasteiger partial charge in [0, 0.05) is 37.4 Å². The second-order valence-corrected chi connectivity index (χ2v) is 5.87. The average Bonchev–Trinajstić information content (AvgIpc) is 2.44. The second-order valence-electron chi connectivity index (χ2n) is 5.87. The van der Waals surface area contributed by atoms with Crippen LogP contribution in [0, 0.1) is 0 Å². The van der Waals surface area contributed by atoms with E-state index in [-0.39, 0.29) is 11.9 Å². The molecule has 0 aromatic heterocycles. The van der Waals surface area contributed by atoms with Gasteiger partial charge in [0.15, 0.2) is 0 Å². The van der Waals surface area contributed by atoms with E-state index in [2.05, 4.69) is 11.8 Å². The minimum absolute atomic E-state index is 0.0319. The van der Waals surface area contributed by atoms with E-state index in [1.54, 1.807) is 11.8 Å². The van der Waals surface area contributed by atoms with Crippen LogP contribution in [0.3, 0.4) is 0 Å². The summed E-state index contributed by atoms with van der Waals surface area (Å²) in [6, 6.07) is 7.74. The van der Waals surface area contributed by atoms with Crippen molar-refractivity contribution in [3.05, 3.63) is 29.8 Å². The van der Waals surface area contributed by atoms with Gasteiger partial charge in [-0.15, -0.1) is 0 Å². The standard InChI is InChI=1S/C17H28N2O2/c1-6-11-18(5)16-9-7-15(8-10-16)17(21)19(13(2)3)12-14(4)20/h7-10,13-14,20H,6,11-12H2,1-5H3. The zero-order valence-corrected chi connectivity index (χ0v) is 13.8. The molecule has 1 N–H and O–H groups in total. The van der Waals surface area contributed by atoms with E-state index in [9.17, 15) is 9.90 Å². The summed E-state index contributed by atoms with van der Waals surface area (Å²) in [7, 11) is 2.05. The maximum absolute atomic E-state index is 12.5. The van der Waals surface area contributed by atoms with E-state index in [1.165, 1.54) is 0 Å². The molecule has 0 bridgehead atoms. The third-order valence-electron chi connectivity index (χ3n) is 3.46. The molecule has 0 heterocycles. The van der Waals surface area contributed by atoms with Crippen molar-refractivity contribution in [1.29, 1.82) is 0 Å². The number of nitrogens with zero attached hydrogens (tertiary/aromatic N) is 2. The van der Waals surface area contributed by atoms with Crippen LogP contribution in [0.15, 0.2) is 24.3 Å². The summed E-state index contributed by atoms with van der Waals surface area (Å²) >= 11 is 0. The molecule has 0 saturated heterocycles. The molecule has 1 amide bonds. The first-order chi connectivity index (χ1) is 9.86. The van der Waals surface area contributed by atoms with Crippen molar-refractivity contribution >= 4 is 11.6 Å². The van der Waals surface area contributed by atoms with E-state index in [0.717, 1.165) is 18.7 Å². The van der Waals surface area contributed by atoms with Gasteiger partial charge in [-0.25, -0.2) is 0 Å². The van der Waals surface area contributed by atoms with Crippen molar-refractivity contribution in [3.63, 3.8) is 0 Å². The molecule has 1 aromatic carbocycles. The van der Waals surface area contributed by atoms with E-state index >= 15 is 0 Å². The van der Waals surface area contributed by atoms with Gasteiger partial charge >= 0.3 is 0 Å². The first-order valence-corrected chi connectivity index (χ1v) is 7.67. The molecular formula is C17H28N2O2. The molecule has 21 heavy (non-hydrogen) atoms. The highest BCUT2D eigenvalue weighted by Gasteiger charge is 2.20. The lowest BCUT2D eigenvalue weighted by Crippen LogP contribution is -2.41. The fourth-order valence-electron chi connectivity index (χ4n) is 2.30. The number of carbonyl (C=O) groups excluding carboxylic acids is 1. The summed E-state index contributed by atoms with van der Waals surface area (Å²) in [5.74, 6) is -0.0319. The maximum atomic E-state index is 12.5. The molecule has 118 valence electrons. The van der Waals surface area contributed by atoms with Crippen LogP contribution < -0.4 is 4.90 Å². The van der Waals surface area contributed by atoms with E-state index in [1.807, 2.05) is 45.2 Å². The van der Waals surface area contributed by atoms with Crippen LogP contribution in [0.25, 0.3) is 0 Å². The van der Waals surface area contributed by atoms with Crippen molar-refractivity contribution in [2.45, 2.75) is 46.3 Å². The van der Waals surface area contributed by atoms with Crippen molar-refractivity contribution in [2.24, 2.45) is 0 Å². The number of benzene rings is 1. The fourth-order valence-corrected chi connectivity index (χ4v) is 2.30. The lowest BCUT2D eigenvalue weighted by atomic mass is 10.1. The van der Waals surface area contributed by atoms with Crippen LogP contribution in [0.1, 0.15) is 44.5 Å². The number of rotatable bonds is 7. The number of aliphatic hydroxyl groups is 1. The highest BCUT2D eigenvalue weighted by molar-refractivity contribution is 5.94. The van der Waals surface area contributed by atoms with Crippen LogP contribution in [0.5, 0.6) is 0 Å². The predicted molar refractivity (Wildman–Crippen MR) is 87.9 cm³/mol. The summed E-state index contributed by atoms with van der Waals surface area (Å²) in [6.07, 6.45) is 0.568. The van der Waals surface area contributed by atoms with Crippen molar-refractivity contribution < 1.29 is 9.90 Å². The van der Waals surface area contributed by atoms with Gasteiger partial charge in [0.1, 0.15) is 0 Å². The summed E-state index contributed by atoms with van der Waals surface area (Å²) in [6.45, 7) is 9.12. The monoisotopic (exact) mass is 292 g/mol. The number of carbonyl (C=O) groups is 1. The summed E-state index contributed by atoms with van der Waals surface area (Å²) in [5.41, 5.74) is 1.78. The Bertz CT molecular complexity index is 441. The molecule has 1 rings (SSSR count). The van der Waals surface area contributed by atoms with Crippen LogP contribution >= 0.6 is 0 Å². The van der Waals surface area contributed by atoms with E-state index < -0.39 is 6.10 Å². The summed E-state index contributed by atoms with van der Waals surface area (Å²) in [5, 5.41) is 9.54. The Kier molecular flexibility index (Phi) is 6.69. The quantitative estimate of drug-likeness (QED) is 0.840. The Morgan fingerprint density at radius 2 is 1.76 bits per heavy atom. The normalized spacial score (nSPS) is 12.3. The second kappa shape index (κ2) is 8.03. The van der Waals surface area contributed by atoms with Crippen LogP contribution in [0.2, 0.25) is 0 Å². The molecule has 0 spiro atoms. The maximum Gasteiger partial charge on any atom is 0.254 e. The Morgan fingerprint density at radius 3 is 2.19 bits per heavy atom. The minimum Gasteiger partial charge on any atom is -0.392 e. The van der Waals surface area contributed by atoms with Gasteiger partial charge in [0.25, 0.3) is 5.91 Å². The Hall–Kier alpha value is -1.55. The number of hydrogen-bond donors (Lipinski definition) is 1. The highest BCUT2D eigenvalue weighted by Crippen LogP contribution is 2.16. The summed E-state index contributed by atoms with van der Waals surface area (Å²) in [4.78, 5) is 16.4.